The molecule has 5 aromatic rings. The summed E-state index contributed by atoms with van der Waals surface area (Å²) in [5.74, 6) is -1.19. The van der Waals surface area contributed by atoms with E-state index in [0.717, 1.165) is 21.6 Å². The first-order valence-corrected chi connectivity index (χ1v) is 15.4. The highest BCUT2D eigenvalue weighted by atomic mass is 16.5. The number of nitrogens with one attached hydrogen (secondary N) is 1. The number of aromatic nitrogens is 1. The molecule has 1 saturated heterocycles. The first kappa shape index (κ1) is 31.1. The van der Waals surface area contributed by atoms with E-state index in [9.17, 15) is 24.0 Å². The van der Waals surface area contributed by atoms with Crippen molar-refractivity contribution in [1.82, 2.24) is 15.2 Å². The van der Waals surface area contributed by atoms with Crippen molar-refractivity contribution in [3.05, 3.63) is 114 Å². The van der Waals surface area contributed by atoms with Gasteiger partial charge < -0.3 is 19.6 Å². The molecule has 5 amide bonds. The third kappa shape index (κ3) is 6.26. The van der Waals surface area contributed by atoms with E-state index in [2.05, 4.69) is 5.32 Å². The Bertz CT molecular complexity index is 2110. The number of rotatable bonds is 10. The van der Waals surface area contributed by atoms with Gasteiger partial charge in [-0.3, -0.25) is 34.2 Å². The molecule has 1 unspecified atom stereocenters. The minimum Gasteiger partial charge on any atom is -0.490 e. The Balaban J connectivity index is 0.998. The van der Waals surface area contributed by atoms with Crippen LogP contribution in [0.1, 0.15) is 43.9 Å². The van der Waals surface area contributed by atoms with Crippen molar-refractivity contribution >= 4 is 29.5 Å². The molecule has 1 atom stereocenters. The van der Waals surface area contributed by atoms with Crippen molar-refractivity contribution in [2.75, 3.05) is 13.2 Å². The largest absolute Gasteiger partial charge is 0.490 e. The molecule has 0 saturated carbocycles. The molecule has 12 heteroatoms. The van der Waals surface area contributed by atoms with Crippen molar-refractivity contribution in [2.24, 2.45) is 5.73 Å². The number of primary amides is 1. The fourth-order valence-electron chi connectivity index (χ4n) is 5.80. The number of carbonyl (C=O) groups excluding carboxylic acids is 5. The first-order valence-electron chi connectivity index (χ1n) is 15.4. The Morgan fingerprint density at radius 3 is 2.16 bits per heavy atom. The number of nitrogens with two attached hydrogens (primary N) is 1. The van der Waals surface area contributed by atoms with Crippen LogP contribution in [-0.4, -0.2) is 58.7 Å². The number of benzene rings is 3. The van der Waals surface area contributed by atoms with Crippen molar-refractivity contribution < 1.29 is 37.9 Å². The fourth-order valence-corrected chi connectivity index (χ4v) is 5.80. The second-order valence-electron chi connectivity index (χ2n) is 11.4. The van der Waals surface area contributed by atoms with Gasteiger partial charge >= 0.3 is 0 Å². The third-order valence-corrected chi connectivity index (χ3v) is 8.28. The van der Waals surface area contributed by atoms with Gasteiger partial charge in [-0.1, -0.05) is 12.1 Å². The van der Waals surface area contributed by atoms with Crippen LogP contribution >= 0.6 is 0 Å². The van der Waals surface area contributed by atoms with Crippen LogP contribution in [0.3, 0.4) is 0 Å². The number of pyridine rings is 1. The number of hydrogen-bond donors (Lipinski definition) is 2. The highest BCUT2D eigenvalue weighted by Gasteiger charge is 2.44. The van der Waals surface area contributed by atoms with Gasteiger partial charge in [0.25, 0.3) is 11.8 Å². The van der Waals surface area contributed by atoms with Crippen molar-refractivity contribution in [1.29, 1.82) is 0 Å². The molecule has 0 aliphatic carbocycles. The zero-order valence-electron chi connectivity index (χ0n) is 25.9. The molecule has 0 bridgehead atoms. The van der Waals surface area contributed by atoms with Crippen molar-refractivity contribution in [2.45, 2.75) is 18.9 Å². The van der Waals surface area contributed by atoms with Gasteiger partial charge in [-0.05, 0) is 96.4 Å². The maximum Gasteiger partial charge on any atom is 0.262 e. The minimum atomic E-state index is -1.03. The zero-order valence-corrected chi connectivity index (χ0v) is 25.9. The summed E-state index contributed by atoms with van der Waals surface area (Å²) in [4.78, 5) is 67.1. The summed E-state index contributed by atoms with van der Waals surface area (Å²) in [6, 6.07) is 25.5. The lowest BCUT2D eigenvalue weighted by Crippen LogP contribution is -2.54. The second kappa shape index (κ2) is 12.9. The summed E-state index contributed by atoms with van der Waals surface area (Å²) in [5.41, 5.74) is 10.1. The van der Waals surface area contributed by atoms with E-state index in [1.54, 1.807) is 30.5 Å². The SMILES string of the molecule is NC(=O)c1ccc(-c2cc(-c3ccc(OCCOc4ccc5c(c4)C(=O)N(C4CCC(=O)NC4=O)C5=O)cc3)nc(-c3ccco3)c2)cc1. The van der Waals surface area contributed by atoms with Gasteiger partial charge in [-0.25, -0.2) is 4.98 Å². The number of carbonyl (C=O) groups is 5. The summed E-state index contributed by atoms with van der Waals surface area (Å²) >= 11 is 0. The van der Waals surface area contributed by atoms with Crippen LogP contribution in [0, 0.1) is 0 Å². The molecule has 1 fully saturated rings. The number of fused-ring (bicyclic) bond motifs is 1. The van der Waals surface area contributed by atoms with Crippen LogP contribution in [-0.2, 0) is 9.59 Å². The molecule has 244 valence electrons. The minimum absolute atomic E-state index is 0.0490. The van der Waals surface area contributed by atoms with Gasteiger partial charge in [-0.2, -0.15) is 0 Å². The molecule has 2 aliphatic rings. The highest BCUT2D eigenvalue weighted by Crippen LogP contribution is 2.32. The Hall–Kier alpha value is -6.56. The maximum atomic E-state index is 13.1. The number of hydrogen-bond acceptors (Lipinski definition) is 9. The average Bonchev–Trinajstić information content (AvgIpc) is 3.74. The van der Waals surface area contributed by atoms with E-state index in [0.29, 0.717) is 34.2 Å². The lowest BCUT2D eigenvalue weighted by atomic mass is 10.0. The summed E-state index contributed by atoms with van der Waals surface area (Å²) in [6.07, 6.45) is 1.72. The number of amides is 5. The van der Waals surface area contributed by atoms with Gasteiger partial charge in [0, 0.05) is 17.5 Å². The fraction of sp³-hybridized carbons (Fsp3) is 0.135. The van der Waals surface area contributed by atoms with Crippen LogP contribution < -0.4 is 20.5 Å². The van der Waals surface area contributed by atoms with Gasteiger partial charge in [-0.15, -0.1) is 0 Å². The molecule has 3 N–H and O–H groups in total. The summed E-state index contributed by atoms with van der Waals surface area (Å²) in [6.45, 7) is 0.355. The van der Waals surface area contributed by atoms with Crippen LogP contribution in [0.4, 0.5) is 0 Å². The molecule has 49 heavy (non-hydrogen) atoms. The van der Waals surface area contributed by atoms with E-state index in [1.807, 2.05) is 54.6 Å². The van der Waals surface area contributed by atoms with Crippen LogP contribution in [0.15, 0.2) is 102 Å². The van der Waals surface area contributed by atoms with Crippen LogP contribution in [0.2, 0.25) is 0 Å². The molecule has 12 nitrogen and oxygen atoms in total. The molecule has 7 rings (SSSR count). The predicted octanol–water partition coefficient (Wildman–Crippen LogP) is 4.63. The van der Waals surface area contributed by atoms with E-state index in [-0.39, 0.29) is 37.2 Å². The van der Waals surface area contributed by atoms with E-state index in [1.165, 1.54) is 12.1 Å². The number of piperidine rings is 1. The number of nitrogens with zero attached hydrogens (tertiary/aromatic N) is 2. The summed E-state index contributed by atoms with van der Waals surface area (Å²) < 4.78 is 17.3. The summed E-state index contributed by atoms with van der Waals surface area (Å²) in [5, 5.41) is 2.18. The van der Waals surface area contributed by atoms with Gasteiger partial charge in [0.05, 0.1) is 23.1 Å². The molecular weight excluding hydrogens is 628 g/mol. The average molecular weight is 657 g/mol. The van der Waals surface area contributed by atoms with Gasteiger partial charge in [0.2, 0.25) is 17.7 Å². The monoisotopic (exact) mass is 656 g/mol. The van der Waals surface area contributed by atoms with Crippen molar-refractivity contribution in [3.8, 4) is 45.3 Å². The number of ether oxygens (including phenoxy) is 2. The standard InChI is InChI=1S/C37H28N4O8/c38-34(43)23-5-3-21(4-6-23)24-18-29(39-30(19-24)32-2-1-15-49-32)22-7-9-25(10-8-22)47-16-17-48-26-11-12-27-28(20-26)37(46)41(36(27)45)31-13-14-33(42)40-35(31)44/h1-12,15,18-20,31H,13-14,16-17H2,(H2,38,43)(H,40,42,44). The Kier molecular flexibility index (Phi) is 8.19. The van der Waals surface area contributed by atoms with E-state index >= 15 is 0 Å². The van der Waals surface area contributed by atoms with Crippen molar-refractivity contribution in [3.63, 3.8) is 0 Å². The molecule has 0 spiro atoms. The van der Waals surface area contributed by atoms with Crippen LogP contribution in [0.25, 0.3) is 33.8 Å². The molecular formula is C37H28N4O8. The molecule has 2 aromatic heterocycles. The summed E-state index contributed by atoms with van der Waals surface area (Å²) in [7, 11) is 0. The molecule has 0 radical (unpaired) electrons. The smallest absolute Gasteiger partial charge is 0.262 e. The quantitative estimate of drug-likeness (QED) is 0.161. The Morgan fingerprint density at radius 2 is 1.47 bits per heavy atom. The third-order valence-electron chi connectivity index (χ3n) is 8.28. The Labute approximate surface area is 279 Å². The highest BCUT2D eigenvalue weighted by molar-refractivity contribution is 6.23. The first-order chi connectivity index (χ1) is 23.7. The lowest BCUT2D eigenvalue weighted by molar-refractivity contribution is -0.136. The maximum absolute atomic E-state index is 13.1. The topological polar surface area (TPSA) is 171 Å². The van der Waals surface area contributed by atoms with E-state index < -0.39 is 35.6 Å². The predicted molar refractivity (Wildman–Crippen MR) is 175 cm³/mol. The van der Waals surface area contributed by atoms with Gasteiger partial charge in [0.15, 0.2) is 5.76 Å². The molecule has 3 aromatic carbocycles. The number of furan rings is 1. The molecule has 2 aliphatic heterocycles. The Morgan fingerprint density at radius 1 is 0.796 bits per heavy atom. The lowest BCUT2D eigenvalue weighted by Gasteiger charge is -2.27. The molecule has 4 heterocycles. The number of imide groups is 2. The normalized spacial score (nSPS) is 15.6. The second-order valence-corrected chi connectivity index (χ2v) is 11.4. The van der Waals surface area contributed by atoms with Gasteiger partial charge in [0.1, 0.15) is 36.4 Å². The zero-order chi connectivity index (χ0) is 34.1. The van der Waals surface area contributed by atoms with Crippen LogP contribution in [0.5, 0.6) is 11.5 Å². The van der Waals surface area contributed by atoms with E-state index in [4.69, 9.17) is 24.6 Å².